The molecule has 0 saturated heterocycles. The Morgan fingerprint density at radius 3 is 1.18 bits per heavy atom. The highest BCUT2D eigenvalue weighted by molar-refractivity contribution is 8.76. The van der Waals surface area contributed by atoms with Crippen LogP contribution in [0.15, 0.2) is 0 Å². The van der Waals surface area contributed by atoms with Crippen LogP contribution in [0.5, 0.6) is 0 Å². The predicted molar refractivity (Wildman–Crippen MR) is 130 cm³/mol. The van der Waals surface area contributed by atoms with Crippen LogP contribution in [0.3, 0.4) is 0 Å². The molecule has 2 atom stereocenters. The van der Waals surface area contributed by atoms with Gasteiger partial charge in [0.05, 0.1) is 0 Å². The normalized spacial score (nSPS) is 14.6. The second kappa shape index (κ2) is 12.9. The molecule has 0 aromatic carbocycles. The molecule has 0 fully saturated rings. The maximum absolute atomic E-state index is 12.2. The molecule has 34 heavy (non-hydrogen) atoms. The van der Waals surface area contributed by atoms with E-state index in [1.165, 1.54) is 0 Å². The quantitative estimate of drug-likeness (QED) is 0.0826. The molecule has 0 spiro atoms. The number of hydrogen-bond donors (Lipinski definition) is 6. The Bertz CT molecular complexity index is 915. The van der Waals surface area contributed by atoms with Gasteiger partial charge in [0, 0.05) is 33.1 Å². The summed E-state index contributed by atoms with van der Waals surface area (Å²) < 4.78 is 58.4. The summed E-state index contributed by atoms with van der Waals surface area (Å²) in [7, 11) is -7.68. The van der Waals surface area contributed by atoms with E-state index in [4.69, 9.17) is 9.11 Å². The van der Waals surface area contributed by atoms with Gasteiger partial charge in [-0.3, -0.25) is 18.7 Å². The minimum absolute atomic E-state index is 0.0825. The first-order chi connectivity index (χ1) is 15.1. The van der Waals surface area contributed by atoms with Crippen LogP contribution in [0.25, 0.3) is 0 Å². The summed E-state index contributed by atoms with van der Waals surface area (Å²) in [5.74, 6) is -5.43. The lowest BCUT2D eigenvalue weighted by Crippen LogP contribution is -2.50. The molecule has 2 unspecified atom stereocenters. The molecule has 0 aromatic rings. The molecule has 0 aliphatic rings. The van der Waals surface area contributed by atoms with Gasteiger partial charge in [0.1, 0.15) is 21.6 Å². The molecule has 0 rings (SSSR count). The van der Waals surface area contributed by atoms with Crippen molar-refractivity contribution in [3.05, 3.63) is 0 Å². The van der Waals surface area contributed by atoms with Gasteiger partial charge in [0.15, 0.2) is 0 Å². The van der Waals surface area contributed by atoms with Crippen molar-refractivity contribution in [3.8, 4) is 0 Å². The summed E-state index contributed by atoms with van der Waals surface area (Å²) in [6, 6.07) is -2.98. The minimum Gasteiger partial charge on any atom is -0.480 e. The van der Waals surface area contributed by atoms with Crippen LogP contribution in [-0.4, -0.2) is 93.0 Å². The number of hydrogen-bond acceptors (Lipinski definition) is 12. The van der Waals surface area contributed by atoms with Crippen LogP contribution < -0.4 is 10.6 Å². The number of nitrogens with one attached hydrogen (secondary N) is 2. The van der Waals surface area contributed by atoms with Crippen LogP contribution in [0, 0.1) is 0 Å². The second-order valence-corrected chi connectivity index (χ2v) is 17.5. The van der Waals surface area contributed by atoms with Crippen molar-refractivity contribution < 1.29 is 55.3 Å². The molecule has 14 nitrogen and oxygen atoms in total. The maximum atomic E-state index is 12.2. The summed E-state index contributed by atoms with van der Waals surface area (Å²) in [6.07, 6.45) is 0. The van der Waals surface area contributed by atoms with E-state index < -0.39 is 63.6 Å². The highest BCUT2D eigenvalue weighted by Gasteiger charge is 2.37. The average molecular weight is 605 g/mol. The number of carboxylic acid groups (broad SMARTS) is 2. The van der Waals surface area contributed by atoms with Crippen LogP contribution in [0.1, 0.15) is 27.7 Å². The van der Waals surface area contributed by atoms with Crippen LogP contribution in [-0.2, 0) is 37.5 Å². The topological polar surface area (TPSA) is 242 Å². The van der Waals surface area contributed by atoms with Crippen molar-refractivity contribution in [2.24, 2.45) is 0 Å². The van der Waals surface area contributed by atoms with Crippen LogP contribution in [0.4, 0.5) is 0 Å². The zero-order valence-electron chi connectivity index (χ0n) is 18.1. The molecule has 0 aliphatic carbocycles. The Morgan fingerprint density at radius 2 is 0.971 bits per heavy atom. The molecular weight excluding hydrogens is 581 g/mol. The monoisotopic (exact) mass is 604 g/mol. The van der Waals surface area contributed by atoms with Crippen molar-refractivity contribution >= 4 is 85.2 Å². The third kappa shape index (κ3) is 13.3. The predicted octanol–water partition coefficient (Wildman–Crippen LogP) is 0.136. The Morgan fingerprint density at radius 1 is 0.706 bits per heavy atom. The number of rotatable bonds is 15. The fourth-order valence-electron chi connectivity index (χ4n) is 1.85. The van der Waals surface area contributed by atoms with Gasteiger partial charge in [-0.25, -0.2) is 9.59 Å². The Balaban J connectivity index is 4.99. The molecular formula is C14H24N2O12S6. The summed E-state index contributed by atoms with van der Waals surface area (Å²) >= 11 is 0. The summed E-state index contributed by atoms with van der Waals surface area (Å²) in [4.78, 5) is 47.3. The van der Waals surface area contributed by atoms with E-state index in [0.29, 0.717) is 0 Å². The number of carbonyl (C=O) groups excluding carboxylic acids is 2. The molecule has 0 aromatic heterocycles. The van der Waals surface area contributed by atoms with E-state index in [9.17, 15) is 46.2 Å². The first-order valence-corrected chi connectivity index (χ1v) is 16.8. The van der Waals surface area contributed by atoms with E-state index in [-0.39, 0.29) is 33.1 Å². The van der Waals surface area contributed by atoms with E-state index in [2.05, 4.69) is 10.6 Å². The van der Waals surface area contributed by atoms with Crippen molar-refractivity contribution in [1.29, 1.82) is 0 Å². The van der Waals surface area contributed by atoms with Crippen LogP contribution in [0.2, 0.25) is 0 Å². The molecule has 0 heterocycles. The molecule has 0 radical (unpaired) electrons. The smallest absolute Gasteiger partial charge is 0.327 e. The Labute approximate surface area is 211 Å². The lowest BCUT2D eigenvalue weighted by molar-refractivity contribution is -0.141. The molecule has 2 amide bonds. The first-order valence-electron chi connectivity index (χ1n) is 8.75. The fraction of sp³-hybridized carbons (Fsp3) is 0.714. The standard InChI is InChI=1S/C14H24N2O12S6/c1-13(2,31-33(23,24)25)11(21)15-7(9(17)18)5-29-30-6-8(10(19)20)16-12(22)14(3,4)32-34(26,27)28/h7-8H,5-6H2,1-4H3,(H,15,21)(H,16,22)(H,17,18)(H,19,20)(H,23,24,25)(H,26,27,28). The number of aliphatic carboxylic acids is 2. The molecule has 0 saturated carbocycles. The van der Waals surface area contributed by atoms with Gasteiger partial charge in [0.2, 0.25) is 11.8 Å². The molecule has 6 N–H and O–H groups in total. The van der Waals surface area contributed by atoms with E-state index in [1.54, 1.807) is 0 Å². The molecule has 0 aliphatic heterocycles. The molecule has 20 heteroatoms. The summed E-state index contributed by atoms with van der Waals surface area (Å²) in [5.41, 5.74) is 0. The summed E-state index contributed by atoms with van der Waals surface area (Å²) in [6.45, 7) is 4.63. The Kier molecular flexibility index (Phi) is 12.5. The van der Waals surface area contributed by atoms with Gasteiger partial charge in [-0.2, -0.15) is 16.8 Å². The minimum atomic E-state index is -4.59. The Hall–Kier alpha value is -0.900. The van der Waals surface area contributed by atoms with Crippen molar-refractivity contribution in [3.63, 3.8) is 0 Å². The molecule has 0 bridgehead atoms. The second-order valence-electron chi connectivity index (χ2n) is 7.34. The SMILES string of the molecule is CC(C)(SS(=O)(=O)O)C(=O)NC(CSSCC(NC(=O)C(C)(C)SS(=O)(=O)O)C(=O)O)C(=O)O. The van der Waals surface area contributed by atoms with Crippen molar-refractivity contribution in [2.75, 3.05) is 11.5 Å². The maximum Gasteiger partial charge on any atom is 0.327 e. The average Bonchev–Trinajstić information content (AvgIpc) is 2.58. The number of carbonyl (C=O) groups is 4. The van der Waals surface area contributed by atoms with Crippen LogP contribution >= 0.6 is 43.2 Å². The van der Waals surface area contributed by atoms with E-state index in [0.717, 1.165) is 49.3 Å². The van der Waals surface area contributed by atoms with Gasteiger partial charge in [-0.1, -0.05) is 21.6 Å². The largest absolute Gasteiger partial charge is 0.480 e. The van der Waals surface area contributed by atoms with E-state index in [1.807, 2.05) is 0 Å². The van der Waals surface area contributed by atoms with Gasteiger partial charge in [-0.05, 0) is 27.7 Å². The highest BCUT2D eigenvalue weighted by atomic mass is 33.2. The highest BCUT2D eigenvalue weighted by Crippen LogP contribution is 2.31. The lowest BCUT2D eigenvalue weighted by Gasteiger charge is -2.24. The summed E-state index contributed by atoms with van der Waals surface area (Å²) in [5, 5.41) is 22.8. The van der Waals surface area contributed by atoms with Gasteiger partial charge < -0.3 is 20.8 Å². The van der Waals surface area contributed by atoms with Gasteiger partial charge in [-0.15, -0.1) is 0 Å². The first kappa shape index (κ1) is 33.1. The zero-order valence-corrected chi connectivity index (χ0v) is 23.0. The number of amides is 2. The van der Waals surface area contributed by atoms with Crippen molar-refractivity contribution in [2.45, 2.75) is 49.3 Å². The lowest BCUT2D eigenvalue weighted by atomic mass is 10.2. The van der Waals surface area contributed by atoms with E-state index >= 15 is 0 Å². The van der Waals surface area contributed by atoms with Gasteiger partial charge >= 0.3 is 30.2 Å². The zero-order chi connectivity index (χ0) is 27.1. The fourth-order valence-corrected chi connectivity index (χ4v) is 9.09. The third-order valence-corrected chi connectivity index (χ3v) is 11.3. The third-order valence-electron chi connectivity index (χ3n) is 3.48. The number of carboxylic acids is 2. The molecule has 198 valence electrons. The van der Waals surface area contributed by atoms with Crippen molar-refractivity contribution in [1.82, 2.24) is 10.6 Å². The van der Waals surface area contributed by atoms with Gasteiger partial charge in [0.25, 0.3) is 0 Å².